The van der Waals surface area contributed by atoms with Gasteiger partial charge in [-0.15, -0.1) is 0 Å². The number of amides is 1. The van der Waals surface area contributed by atoms with Gasteiger partial charge in [0, 0.05) is 12.2 Å². The Balaban J connectivity index is 1.65. The molecular formula is C18H26N4O2. The first kappa shape index (κ1) is 16.8. The Bertz CT molecular complexity index is 642. The first-order valence-corrected chi connectivity index (χ1v) is 8.76. The lowest BCUT2D eigenvalue weighted by Gasteiger charge is -2.33. The van der Waals surface area contributed by atoms with Crippen LogP contribution in [0.2, 0.25) is 0 Å². The minimum Gasteiger partial charge on any atom is -0.468 e. The number of aromatic nitrogens is 2. The van der Waals surface area contributed by atoms with Crippen molar-refractivity contribution in [1.29, 1.82) is 0 Å². The molecule has 6 heteroatoms. The number of nitrogens with zero attached hydrogens (tertiary/aromatic N) is 2. The van der Waals surface area contributed by atoms with Gasteiger partial charge in [-0.2, -0.15) is 5.10 Å². The van der Waals surface area contributed by atoms with Crippen molar-refractivity contribution in [3.05, 3.63) is 41.6 Å². The summed E-state index contributed by atoms with van der Waals surface area (Å²) in [4.78, 5) is 14.8. The highest BCUT2D eigenvalue weighted by molar-refractivity contribution is 5.92. The number of hydrogen-bond donors (Lipinski definition) is 2. The van der Waals surface area contributed by atoms with Gasteiger partial charge in [-0.3, -0.25) is 14.8 Å². The van der Waals surface area contributed by atoms with Gasteiger partial charge < -0.3 is 9.73 Å². The molecule has 0 saturated carbocycles. The van der Waals surface area contributed by atoms with E-state index in [4.69, 9.17) is 4.42 Å². The summed E-state index contributed by atoms with van der Waals surface area (Å²) in [5.41, 5.74) is 1.41. The van der Waals surface area contributed by atoms with Crippen LogP contribution in [0.3, 0.4) is 0 Å². The van der Waals surface area contributed by atoms with Gasteiger partial charge in [0.2, 0.25) is 0 Å². The molecule has 0 radical (unpaired) electrons. The number of H-pyrrole nitrogens is 1. The zero-order valence-electron chi connectivity index (χ0n) is 14.4. The second-order valence-corrected chi connectivity index (χ2v) is 6.70. The number of carbonyl (C=O) groups is 1. The van der Waals surface area contributed by atoms with Crippen molar-refractivity contribution in [2.24, 2.45) is 0 Å². The third-order valence-corrected chi connectivity index (χ3v) is 4.61. The fourth-order valence-corrected chi connectivity index (χ4v) is 3.15. The monoisotopic (exact) mass is 330 g/mol. The molecule has 6 nitrogen and oxygen atoms in total. The highest BCUT2D eigenvalue weighted by Gasteiger charge is 2.25. The van der Waals surface area contributed by atoms with Crippen molar-refractivity contribution in [2.45, 2.75) is 45.1 Å². The zero-order valence-corrected chi connectivity index (χ0v) is 14.4. The molecule has 1 atom stereocenters. The van der Waals surface area contributed by atoms with E-state index in [1.165, 1.54) is 19.3 Å². The molecule has 3 heterocycles. The maximum atomic E-state index is 12.4. The topological polar surface area (TPSA) is 74.2 Å². The quantitative estimate of drug-likeness (QED) is 0.853. The third kappa shape index (κ3) is 3.87. The number of aromatic amines is 1. The lowest BCUT2D eigenvalue weighted by molar-refractivity contribution is 0.0909. The lowest BCUT2D eigenvalue weighted by atomic mass is 10.1. The normalized spacial score (nSPS) is 17.1. The largest absolute Gasteiger partial charge is 0.468 e. The van der Waals surface area contributed by atoms with E-state index in [2.05, 4.69) is 34.3 Å². The van der Waals surface area contributed by atoms with Gasteiger partial charge in [0.15, 0.2) is 0 Å². The Labute approximate surface area is 142 Å². The van der Waals surface area contributed by atoms with Crippen molar-refractivity contribution in [3.63, 3.8) is 0 Å². The summed E-state index contributed by atoms with van der Waals surface area (Å²) in [6.45, 7) is 6.75. The average Bonchev–Trinajstić information content (AvgIpc) is 3.28. The van der Waals surface area contributed by atoms with Crippen molar-refractivity contribution in [2.75, 3.05) is 19.6 Å². The summed E-state index contributed by atoms with van der Waals surface area (Å²) in [6.07, 6.45) is 5.36. The van der Waals surface area contributed by atoms with Gasteiger partial charge in [0.25, 0.3) is 5.91 Å². The van der Waals surface area contributed by atoms with E-state index in [9.17, 15) is 4.79 Å². The standard InChI is InChI=1S/C18H26N4O2/c1-13(2)14-11-15(21-20-14)18(23)19-12-16(17-7-6-10-24-17)22-8-4-3-5-9-22/h6-7,10-11,13,16H,3-5,8-9,12H2,1-2H3,(H,19,23)(H,20,21)/t16-/m1/s1. The van der Waals surface area contributed by atoms with E-state index in [0.29, 0.717) is 18.2 Å². The average molecular weight is 330 g/mol. The molecule has 0 aromatic carbocycles. The molecule has 2 aromatic rings. The van der Waals surface area contributed by atoms with Gasteiger partial charge in [0.05, 0.1) is 12.3 Å². The van der Waals surface area contributed by atoms with Gasteiger partial charge in [-0.1, -0.05) is 20.3 Å². The summed E-state index contributed by atoms with van der Waals surface area (Å²) in [5, 5.41) is 10.1. The SMILES string of the molecule is CC(C)c1cc(C(=O)NC[C@H](c2ccco2)N2CCCCC2)n[nH]1. The van der Waals surface area contributed by atoms with Crippen molar-refractivity contribution < 1.29 is 9.21 Å². The summed E-state index contributed by atoms with van der Waals surface area (Å²) >= 11 is 0. The maximum Gasteiger partial charge on any atom is 0.271 e. The fourth-order valence-electron chi connectivity index (χ4n) is 3.15. The molecular weight excluding hydrogens is 304 g/mol. The molecule has 1 saturated heterocycles. The van der Waals surface area contributed by atoms with E-state index in [1.54, 1.807) is 6.26 Å². The van der Waals surface area contributed by atoms with Crippen LogP contribution in [0.1, 0.15) is 67.0 Å². The number of rotatable bonds is 6. The van der Waals surface area contributed by atoms with E-state index >= 15 is 0 Å². The zero-order chi connectivity index (χ0) is 16.9. The second-order valence-electron chi connectivity index (χ2n) is 6.70. The number of nitrogens with one attached hydrogen (secondary N) is 2. The van der Waals surface area contributed by atoms with Crippen LogP contribution in [-0.4, -0.2) is 40.6 Å². The van der Waals surface area contributed by atoms with E-state index < -0.39 is 0 Å². The van der Waals surface area contributed by atoms with Crippen LogP contribution in [0.15, 0.2) is 28.9 Å². The second kappa shape index (κ2) is 7.66. The van der Waals surface area contributed by atoms with Crippen LogP contribution in [0.4, 0.5) is 0 Å². The highest BCUT2D eigenvalue weighted by Crippen LogP contribution is 2.24. The Kier molecular flexibility index (Phi) is 5.35. The molecule has 1 aliphatic heterocycles. The smallest absolute Gasteiger partial charge is 0.271 e. The number of hydrogen-bond acceptors (Lipinski definition) is 4. The predicted octanol–water partition coefficient (Wildman–Crippen LogP) is 3.08. The van der Waals surface area contributed by atoms with E-state index in [1.807, 2.05) is 18.2 Å². The van der Waals surface area contributed by atoms with Crippen LogP contribution in [-0.2, 0) is 0 Å². The minimum absolute atomic E-state index is 0.0766. The summed E-state index contributed by atoms with van der Waals surface area (Å²) in [6, 6.07) is 5.78. The molecule has 2 N–H and O–H groups in total. The molecule has 1 amide bonds. The molecule has 24 heavy (non-hydrogen) atoms. The molecule has 1 aliphatic rings. The molecule has 0 aliphatic carbocycles. The molecule has 0 spiro atoms. The van der Waals surface area contributed by atoms with Crippen molar-refractivity contribution in [1.82, 2.24) is 20.4 Å². The van der Waals surface area contributed by atoms with Crippen LogP contribution < -0.4 is 5.32 Å². The Morgan fingerprint density at radius 2 is 2.17 bits per heavy atom. The molecule has 1 fully saturated rings. The van der Waals surface area contributed by atoms with E-state index in [-0.39, 0.29) is 11.9 Å². The Morgan fingerprint density at radius 1 is 1.38 bits per heavy atom. The van der Waals surface area contributed by atoms with Crippen LogP contribution in [0.5, 0.6) is 0 Å². The highest BCUT2D eigenvalue weighted by atomic mass is 16.3. The summed E-state index contributed by atoms with van der Waals surface area (Å²) in [7, 11) is 0. The number of carbonyl (C=O) groups excluding carboxylic acids is 1. The lowest BCUT2D eigenvalue weighted by Crippen LogP contribution is -2.40. The third-order valence-electron chi connectivity index (χ3n) is 4.61. The van der Waals surface area contributed by atoms with Gasteiger partial charge >= 0.3 is 0 Å². The van der Waals surface area contributed by atoms with Crippen LogP contribution in [0.25, 0.3) is 0 Å². The van der Waals surface area contributed by atoms with Crippen molar-refractivity contribution >= 4 is 5.91 Å². The van der Waals surface area contributed by atoms with Crippen LogP contribution >= 0.6 is 0 Å². The van der Waals surface area contributed by atoms with Gasteiger partial charge in [0.1, 0.15) is 11.5 Å². The van der Waals surface area contributed by atoms with Gasteiger partial charge in [-0.25, -0.2) is 0 Å². The number of furan rings is 1. The Morgan fingerprint density at radius 3 is 2.79 bits per heavy atom. The molecule has 0 unspecified atom stereocenters. The minimum atomic E-state index is -0.147. The first-order valence-electron chi connectivity index (χ1n) is 8.76. The number of likely N-dealkylation sites (tertiary alicyclic amines) is 1. The predicted molar refractivity (Wildman–Crippen MR) is 91.9 cm³/mol. The summed E-state index contributed by atoms with van der Waals surface area (Å²) < 4.78 is 5.61. The van der Waals surface area contributed by atoms with Crippen molar-refractivity contribution in [3.8, 4) is 0 Å². The number of piperidine rings is 1. The first-order chi connectivity index (χ1) is 11.6. The molecule has 3 rings (SSSR count). The molecule has 0 bridgehead atoms. The van der Waals surface area contributed by atoms with Gasteiger partial charge in [-0.05, 0) is 50.0 Å². The maximum absolute atomic E-state index is 12.4. The van der Waals surface area contributed by atoms with Crippen LogP contribution in [0, 0.1) is 0 Å². The fraction of sp³-hybridized carbons (Fsp3) is 0.556. The molecule has 130 valence electrons. The molecule has 2 aromatic heterocycles. The Hall–Kier alpha value is -2.08. The summed E-state index contributed by atoms with van der Waals surface area (Å²) in [5.74, 6) is 1.08. The van der Waals surface area contributed by atoms with E-state index in [0.717, 1.165) is 24.5 Å².